The largest absolute Gasteiger partial charge is 0.384 e. The van der Waals surface area contributed by atoms with Crippen LogP contribution >= 0.6 is 11.3 Å². The molecule has 0 atom stereocenters. The molecule has 0 spiro atoms. The Morgan fingerprint density at radius 2 is 1.94 bits per heavy atom. The number of aromatic nitrogens is 4. The minimum absolute atomic E-state index is 0.455. The van der Waals surface area contributed by atoms with Gasteiger partial charge in [-0.25, -0.2) is 15.0 Å². The van der Waals surface area contributed by atoms with E-state index in [-0.39, 0.29) is 0 Å². The molecule has 0 saturated carbocycles. The number of anilines is 3. The number of nitrogens with one attached hydrogen (secondary N) is 1. The smallest absolute Gasteiger partial charge is 0.185 e. The lowest BCUT2D eigenvalue weighted by Crippen LogP contribution is -2.37. The molecule has 2 fully saturated rings. The Bertz CT molecular complexity index is 1030. The summed E-state index contributed by atoms with van der Waals surface area (Å²) in [4.78, 5) is 23.4. The van der Waals surface area contributed by atoms with E-state index in [1.807, 2.05) is 12.1 Å². The number of rotatable bonds is 5. The molecular weight excluding hydrogens is 412 g/mol. The molecule has 0 radical (unpaired) electrons. The van der Waals surface area contributed by atoms with Gasteiger partial charge in [0.2, 0.25) is 0 Å². The summed E-state index contributed by atoms with van der Waals surface area (Å²) in [6.07, 6.45) is 4.63. The number of hydrogen-bond acceptors (Lipinski definition) is 10. The molecule has 2 aliphatic heterocycles. The molecule has 0 bridgehead atoms. The summed E-state index contributed by atoms with van der Waals surface area (Å²) in [6.45, 7) is 5.29. The summed E-state index contributed by atoms with van der Waals surface area (Å²) in [7, 11) is 2.18. The number of ether oxygens (including phenoxy) is 1. The lowest BCUT2D eigenvalue weighted by Gasteiger charge is -2.29. The second-order valence-corrected chi connectivity index (χ2v) is 9.22. The summed E-state index contributed by atoms with van der Waals surface area (Å²) in [6, 6.07) is 4.23. The maximum absolute atomic E-state index is 5.72. The number of hydrogen-bond donors (Lipinski definition) is 2. The molecule has 2 saturated heterocycles. The summed E-state index contributed by atoms with van der Waals surface area (Å²) in [5.41, 5.74) is 7.51. The summed E-state index contributed by atoms with van der Waals surface area (Å²) in [5, 5.41) is 4.57. The fourth-order valence-corrected chi connectivity index (χ4v) is 5.03. The average molecular weight is 441 g/mol. The van der Waals surface area contributed by atoms with Gasteiger partial charge in [0.25, 0.3) is 0 Å². The minimum atomic E-state index is 0.455. The van der Waals surface area contributed by atoms with Crippen molar-refractivity contribution in [3.63, 3.8) is 0 Å². The van der Waals surface area contributed by atoms with E-state index >= 15 is 0 Å². The van der Waals surface area contributed by atoms with Crippen LogP contribution in [-0.2, 0) is 11.2 Å². The monoisotopic (exact) mass is 440 g/mol. The molecule has 0 aromatic carbocycles. The molecule has 5 rings (SSSR count). The number of pyridine rings is 1. The second kappa shape index (κ2) is 8.89. The van der Waals surface area contributed by atoms with Gasteiger partial charge in [0.1, 0.15) is 16.3 Å². The van der Waals surface area contributed by atoms with E-state index in [0.717, 1.165) is 71.7 Å². The Balaban J connectivity index is 1.45. The second-order valence-electron chi connectivity index (χ2n) is 8.22. The number of morpholine rings is 1. The first kappa shape index (κ1) is 20.3. The number of piperidine rings is 1. The van der Waals surface area contributed by atoms with Crippen molar-refractivity contribution >= 4 is 38.5 Å². The molecule has 3 aromatic rings. The topological polar surface area (TPSA) is 105 Å². The third-order valence-corrected chi connectivity index (χ3v) is 6.82. The van der Waals surface area contributed by atoms with Gasteiger partial charge < -0.3 is 25.6 Å². The first-order chi connectivity index (χ1) is 15.1. The Morgan fingerprint density at radius 3 is 2.68 bits per heavy atom. The van der Waals surface area contributed by atoms with Crippen molar-refractivity contribution < 1.29 is 4.74 Å². The predicted molar refractivity (Wildman–Crippen MR) is 124 cm³/mol. The van der Waals surface area contributed by atoms with Crippen LogP contribution in [-0.4, -0.2) is 77.3 Å². The van der Waals surface area contributed by atoms with E-state index in [4.69, 9.17) is 25.4 Å². The van der Waals surface area contributed by atoms with Crippen molar-refractivity contribution in [2.45, 2.75) is 25.3 Å². The highest BCUT2D eigenvalue weighted by atomic mass is 32.1. The highest BCUT2D eigenvalue weighted by molar-refractivity contribution is 7.22. The molecule has 31 heavy (non-hydrogen) atoms. The number of thiazole rings is 1. The van der Waals surface area contributed by atoms with Crippen molar-refractivity contribution in [2.75, 3.05) is 62.4 Å². The van der Waals surface area contributed by atoms with Gasteiger partial charge in [0.05, 0.1) is 13.2 Å². The van der Waals surface area contributed by atoms with Crippen molar-refractivity contribution in [2.24, 2.45) is 0 Å². The van der Waals surface area contributed by atoms with Crippen LogP contribution in [0.15, 0.2) is 18.3 Å². The molecular formula is C21H28N8OS. The molecule has 0 amide bonds. The molecule has 3 aromatic heterocycles. The van der Waals surface area contributed by atoms with Crippen molar-refractivity contribution in [3.8, 4) is 0 Å². The van der Waals surface area contributed by atoms with Crippen LogP contribution in [0, 0.1) is 0 Å². The average Bonchev–Trinajstić information content (AvgIpc) is 3.19. The van der Waals surface area contributed by atoms with E-state index in [1.165, 1.54) is 0 Å². The van der Waals surface area contributed by atoms with E-state index < -0.39 is 0 Å². The maximum Gasteiger partial charge on any atom is 0.185 e. The van der Waals surface area contributed by atoms with Crippen LogP contribution in [0.1, 0.15) is 24.2 Å². The third-order valence-electron chi connectivity index (χ3n) is 5.85. The molecule has 5 heterocycles. The van der Waals surface area contributed by atoms with Crippen molar-refractivity contribution in [3.05, 3.63) is 29.7 Å². The maximum atomic E-state index is 5.72. The highest BCUT2D eigenvalue weighted by Gasteiger charge is 2.22. The highest BCUT2D eigenvalue weighted by Crippen LogP contribution is 2.34. The zero-order chi connectivity index (χ0) is 21.2. The number of nitrogens with two attached hydrogens (primary N) is 1. The van der Waals surface area contributed by atoms with Gasteiger partial charge in [0.15, 0.2) is 16.6 Å². The lowest BCUT2D eigenvalue weighted by atomic mass is 10.1. The van der Waals surface area contributed by atoms with Gasteiger partial charge in [-0.1, -0.05) is 17.4 Å². The number of fused-ring (bicyclic) bond motifs is 1. The molecule has 2 aliphatic rings. The summed E-state index contributed by atoms with van der Waals surface area (Å²) < 4.78 is 6.59. The van der Waals surface area contributed by atoms with Gasteiger partial charge in [0, 0.05) is 31.7 Å². The van der Waals surface area contributed by atoms with Crippen LogP contribution in [0.25, 0.3) is 10.3 Å². The molecule has 9 nitrogen and oxygen atoms in total. The first-order valence-electron chi connectivity index (χ1n) is 10.8. The van der Waals surface area contributed by atoms with Crippen LogP contribution in [0.4, 0.5) is 16.8 Å². The first-order valence-corrected chi connectivity index (χ1v) is 11.6. The molecule has 0 unspecified atom stereocenters. The predicted octanol–water partition coefficient (Wildman–Crippen LogP) is 2.00. The molecule has 0 aliphatic carbocycles. The quantitative estimate of drug-likeness (QED) is 0.616. The van der Waals surface area contributed by atoms with Gasteiger partial charge in [-0.2, -0.15) is 4.98 Å². The van der Waals surface area contributed by atoms with Gasteiger partial charge in [-0.05, 0) is 44.6 Å². The van der Waals surface area contributed by atoms with Gasteiger partial charge >= 0.3 is 0 Å². The summed E-state index contributed by atoms with van der Waals surface area (Å²) >= 11 is 1.66. The number of nitrogen functional groups attached to an aromatic ring is 1. The van der Waals surface area contributed by atoms with Crippen LogP contribution in [0.3, 0.4) is 0 Å². The summed E-state index contributed by atoms with van der Waals surface area (Å²) in [5.74, 6) is 2.22. The van der Waals surface area contributed by atoms with E-state index in [1.54, 1.807) is 17.5 Å². The van der Waals surface area contributed by atoms with Gasteiger partial charge in [-0.3, -0.25) is 0 Å². The van der Waals surface area contributed by atoms with Gasteiger partial charge in [-0.15, -0.1) is 0 Å². The Kier molecular flexibility index (Phi) is 5.84. The van der Waals surface area contributed by atoms with Crippen LogP contribution in [0.5, 0.6) is 0 Å². The van der Waals surface area contributed by atoms with Crippen molar-refractivity contribution in [1.82, 2.24) is 24.8 Å². The fourth-order valence-electron chi connectivity index (χ4n) is 4.03. The van der Waals surface area contributed by atoms with Crippen LogP contribution < -0.4 is 16.0 Å². The van der Waals surface area contributed by atoms with E-state index in [0.29, 0.717) is 31.5 Å². The molecule has 164 valence electrons. The molecule has 3 N–H and O–H groups in total. The number of likely N-dealkylation sites (tertiary alicyclic amines) is 1. The standard InChI is InChI=1S/C21H28N8OS/c1-28-6-4-15(5-7-28)24-21-27-19-18(31-21)20(29-8-10-30-11-9-29)26-17(25-19)12-14-2-3-16(22)23-13-14/h2-3,13,15H,4-12H2,1H3,(H2,22,23)(H,24,25,26,27). The number of nitrogens with zero attached hydrogens (tertiary/aromatic N) is 6. The lowest BCUT2D eigenvalue weighted by molar-refractivity contribution is 0.122. The fraction of sp³-hybridized carbons (Fsp3) is 0.524. The Hall–Kier alpha value is -2.56. The minimum Gasteiger partial charge on any atom is -0.384 e. The Labute approximate surface area is 185 Å². The zero-order valence-corrected chi connectivity index (χ0v) is 18.6. The van der Waals surface area contributed by atoms with E-state index in [2.05, 4.69) is 27.1 Å². The third kappa shape index (κ3) is 4.70. The van der Waals surface area contributed by atoms with Crippen LogP contribution in [0.2, 0.25) is 0 Å². The molecule has 10 heteroatoms. The zero-order valence-electron chi connectivity index (χ0n) is 17.8. The van der Waals surface area contributed by atoms with Crippen molar-refractivity contribution in [1.29, 1.82) is 0 Å². The van der Waals surface area contributed by atoms with E-state index in [9.17, 15) is 0 Å². The normalized spacial score (nSPS) is 18.5. The SMILES string of the molecule is CN1CCC(Nc2nc3nc(Cc4ccc(N)nc4)nc(N4CCOCC4)c3s2)CC1. The Morgan fingerprint density at radius 1 is 1.13 bits per heavy atom.